The van der Waals surface area contributed by atoms with Gasteiger partial charge in [0.15, 0.2) is 11.5 Å². The summed E-state index contributed by atoms with van der Waals surface area (Å²) in [4.78, 5) is 11.5. The molecule has 4 aromatic heterocycles. The van der Waals surface area contributed by atoms with Crippen molar-refractivity contribution in [2.45, 2.75) is 39.5 Å². The Bertz CT molecular complexity index is 1040. The van der Waals surface area contributed by atoms with Crippen molar-refractivity contribution in [3.63, 3.8) is 0 Å². The summed E-state index contributed by atoms with van der Waals surface area (Å²) in [7, 11) is 0. The molecule has 1 fully saturated rings. The number of halogens is 1. The summed E-state index contributed by atoms with van der Waals surface area (Å²) >= 11 is 3.43. The quantitative estimate of drug-likeness (QED) is 0.474. The molecule has 4 nitrogen and oxygen atoms in total. The minimum absolute atomic E-state index is 0.306. The highest BCUT2D eigenvalue weighted by molar-refractivity contribution is 7.28. The number of nitrogens with one attached hydrogen (secondary N) is 1. The van der Waals surface area contributed by atoms with Crippen molar-refractivity contribution in [3.05, 3.63) is 40.9 Å². The zero-order chi connectivity index (χ0) is 19.0. The number of hydrogen-bond acceptors (Lipinski definition) is 5. The molecule has 0 saturated carbocycles. The predicted molar refractivity (Wildman–Crippen MR) is 113 cm³/mol. The maximum absolute atomic E-state index is 14.3. The van der Waals surface area contributed by atoms with Gasteiger partial charge >= 0.3 is 0 Å². The van der Waals surface area contributed by atoms with E-state index in [9.17, 15) is 4.39 Å². The summed E-state index contributed by atoms with van der Waals surface area (Å²) < 4.78 is 17.3. The van der Waals surface area contributed by atoms with Gasteiger partial charge in [-0.2, -0.15) is 0 Å². The summed E-state index contributed by atoms with van der Waals surface area (Å²) in [5, 5.41) is 4.28. The van der Waals surface area contributed by atoms with E-state index in [-0.39, 0.29) is 5.82 Å². The van der Waals surface area contributed by atoms with Gasteiger partial charge in [-0.3, -0.25) is 0 Å². The number of pyridine rings is 1. The van der Waals surface area contributed by atoms with Gasteiger partial charge in [0, 0.05) is 22.8 Å². The SMILES string of the molecule is CC.Cc1cn2cc(-c3nc4sc(C5CCNCC5)cc4s3)cc(F)c2n1. The van der Waals surface area contributed by atoms with Crippen molar-refractivity contribution in [3.8, 4) is 10.6 Å². The van der Waals surface area contributed by atoms with Gasteiger partial charge < -0.3 is 9.72 Å². The van der Waals surface area contributed by atoms with Gasteiger partial charge in [0.25, 0.3) is 0 Å². The van der Waals surface area contributed by atoms with E-state index in [4.69, 9.17) is 4.98 Å². The first-order valence-electron chi connectivity index (χ1n) is 9.43. The minimum atomic E-state index is -0.306. The molecule has 7 heteroatoms. The van der Waals surface area contributed by atoms with E-state index in [0.717, 1.165) is 34.2 Å². The van der Waals surface area contributed by atoms with Crippen molar-refractivity contribution in [2.24, 2.45) is 0 Å². The molecule has 0 atom stereocenters. The maximum Gasteiger partial charge on any atom is 0.173 e. The van der Waals surface area contributed by atoms with Crippen LogP contribution in [0.15, 0.2) is 24.5 Å². The van der Waals surface area contributed by atoms with Crippen LogP contribution in [0.3, 0.4) is 0 Å². The van der Waals surface area contributed by atoms with Crippen molar-refractivity contribution in [1.29, 1.82) is 0 Å². The van der Waals surface area contributed by atoms with Crippen LogP contribution in [0.1, 0.15) is 43.2 Å². The van der Waals surface area contributed by atoms with E-state index in [0.29, 0.717) is 11.6 Å². The summed E-state index contributed by atoms with van der Waals surface area (Å²) in [5.41, 5.74) is 1.98. The number of aryl methyl sites for hydroxylation is 1. The molecule has 0 unspecified atom stereocenters. The highest BCUT2D eigenvalue weighted by atomic mass is 32.1. The molecule has 0 aliphatic carbocycles. The molecule has 5 rings (SSSR count). The molecule has 27 heavy (non-hydrogen) atoms. The van der Waals surface area contributed by atoms with E-state index < -0.39 is 0 Å². The Labute approximate surface area is 166 Å². The van der Waals surface area contributed by atoms with E-state index in [1.807, 2.05) is 33.2 Å². The Morgan fingerprint density at radius 2 is 1.89 bits per heavy atom. The summed E-state index contributed by atoms with van der Waals surface area (Å²) in [6.45, 7) is 8.06. The molecule has 1 aliphatic heterocycles. The summed E-state index contributed by atoms with van der Waals surface area (Å²) in [6.07, 6.45) is 6.15. The molecule has 0 bridgehead atoms. The largest absolute Gasteiger partial charge is 0.317 e. The van der Waals surface area contributed by atoms with Gasteiger partial charge in [0.05, 0.1) is 10.4 Å². The molecule has 4 aromatic rings. The van der Waals surface area contributed by atoms with Crippen LogP contribution in [0.2, 0.25) is 0 Å². The maximum atomic E-state index is 14.3. The lowest BCUT2D eigenvalue weighted by Crippen LogP contribution is -2.26. The molecule has 0 amide bonds. The average molecular weight is 403 g/mol. The second kappa shape index (κ2) is 7.66. The van der Waals surface area contributed by atoms with Crippen molar-refractivity contribution < 1.29 is 4.39 Å². The fourth-order valence-corrected chi connectivity index (χ4v) is 5.85. The van der Waals surface area contributed by atoms with E-state index >= 15 is 0 Å². The molecular weight excluding hydrogens is 379 g/mol. The first-order chi connectivity index (χ1) is 13.2. The fraction of sp³-hybridized carbons (Fsp3) is 0.400. The molecule has 0 aromatic carbocycles. The molecule has 0 spiro atoms. The van der Waals surface area contributed by atoms with Crippen LogP contribution in [-0.2, 0) is 0 Å². The predicted octanol–water partition coefficient (Wildman–Crippen LogP) is 5.61. The smallest absolute Gasteiger partial charge is 0.173 e. The number of aromatic nitrogens is 3. The van der Waals surface area contributed by atoms with Gasteiger partial charge in [-0.05, 0) is 50.9 Å². The standard InChI is InChI=1S/C18H17FN4S2.C2H6/c1-10-8-23-9-12(6-13(19)16(23)21-10)17-22-18-15(25-17)7-14(24-18)11-2-4-20-5-3-11;1-2/h6-9,11,20H,2-5H2,1H3;1-2H3. The Kier molecular flexibility index (Phi) is 5.25. The lowest BCUT2D eigenvalue weighted by Gasteiger charge is -2.21. The Morgan fingerprint density at radius 1 is 1.11 bits per heavy atom. The molecule has 1 aliphatic rings. The number of fused-ring (bicyclic) bond motifs is 2. The average Bonchev–Trinajstić information content (AvgIpc) is 3.36. The van der Waals surface area contributed by atoms with Crippen LogP contribution >= 0.6 is 22.7 Å². The van der Waals surface area contributed by atoms with Crippen molar-refractivity contribution in [2.75, 3.05) is 13.1 Å². The molecular formula is C20H23FN4S2. The number of thiazole rings is 1. The number of rotatable bonds is 2. The number of hydrogen-bond donors (Lipinski definition) is 1. The van der Waals surface area contributed by atoms with Crippen LogP contribution in [0.5, 0.6) is 0 Å². The second-order valence-corrected chi connectivity index (χ2v) is 8.64. The van der Waals surface area contributed by atoms with Crippen LogP contribution in [-0.4, -0.2) is 27.5 Å². The number of thiophene rings is 1. The number of imidazole rings is 1. The minimum Gasteiger partial charge on any atom is -0.317 e. The highest BCUT2D eigenvalue weighted by Crippen LogP contribution is 2.40. The Balaban J connectivity index is 0.000000872. The molecule has 1 N–H and O–H groups in total. The van der Waals surface area contributed by atoms with Gasteiger partial charge in [0.2, 0.25) is 0 Å². The van der Waals surface area contributed by atoms with Gasteiger partial charge in [0.1, 0.15) is 9.84 Å². The normalized spacial score (nSPS) is 15.3. The molecule has 5 heterocycles. The van der Waals surface area contributed by atoms with Gasteiger partial charge in [-0.1, -0.05) is 13.8 Å². The third-order valence-electron chi connectivity index (χ3n) is 4.72. The summed E-state index contributed by atoms with van der Waals surface area (Å²) in [5.74, 6) is 0.346. The first kappa shape index (κ1) is 18.5. The third-order valence-corrected chi connectivity index (χ3v) is 7.10. The van der Waals surface area contributed by atoms with Crippen LogP contribution in [0.25, 0.3) is 25.7 Å². The van der Waals surface area contributed by atoms with Crippen LogP contribution in [0.4, 0.5) is 4.39 Å². The van der Waals surface area contributed by atoms with Crippen molar-refractivity contribution in [1.82, 2.24) is 19.7 Å². The number of piperidine rings is 1. The molecule has 142 valence electrons. The second-order valence-electron chi connectivity index (χ2n) is 6.55. The Hall–Kier alpha value is -1.83. The highest BCUT2D eigenvalue weighted by Gasteiger charge is 2.20. The van der Waals surface area contributed by atoms with Crippen LogP contribution < -0.4 is 5.32 Å². The lowest BCUT2D eigenvalue weighted by molar-refractivity contribution is 0.465. The van der Waals surface area contributed by atoms with Gasteiger partial charge in [-0.25, -0.2) is 14.4 Å². The van der Waals surface area contributed by atoms with E-state index in [1.165, 1.54) is 28.5 Å². The van der Waals surface area contributed by atoms with E-state index in [2.05, 4.69) is 16.4 Å². The first-order valence-corrected chi connectivity index (χ1v) is 11.1. The zero-order valence-corrected chi connectivity index (χ0v) is 17.4. The summed E-state index contributed by atoms with van der Waals surface area (Å²) in [6, 6.07) is 3.82. The number of nitrogens with zero attached hydrogens (tertiary/aromatic N) is 3. The zero-order valence-electron chi connectivity index (χ0n) is 15.8. The fourth-order valence-electron chi connectivity index (χ4n) is 3.48. The molecule has 1 saturated heterocycles. The van der Waals surface area contributed by atoms with Crippen molar-refractivity contribution >= 4 is 37.9 Å². The lowest BCUT2D eigenvalue weighted by atomic mass is 9.97. The van der Waals surface area contributed by atoms with Crippen LogP contribution in [0, 0.1) is 12.7 Å². The monoisotopic (exact) mass is 402 g/mol. The van der Waals surface area contributed by atoms with E-state index in [1.54, 1.807) is 27.1 Å². The third kappa shape index (κ3) is 3.51. The van der Waals surface area contributed by atoms with Gasteiger partial charge in [-0.15, -0.1) is 22.7 Å². The topological polar surface area (TPSA) is 42.2 Å². The Morgan fingerprint density at radius 3 is 2.63 bits per heavy atom. The molecule has 0 radical (unpaired) electrons.